The second kappa shape index (κ2) is 6.59. The lowest BCUT2D eigenvalue weighted by Gasteiger charge is -2.27. The molecule has 1 aliphatic heterocycles. The van der Waals surface area contributed by atoms with Gasteiger partial charge in [-0.3, -0.25) is 14.8 Å². The average Bonchev–Trinajstić information content (AvgIpc) is 3.20. The summed E-state index contributed by atoms with van der Waals surface area (Å²) < 4.78 is 16.1. The lowest BCUT2D eigenvalue weighted by molar-refractivity contribution is -0.119. The smallest absolute Gasteiger partial charge is 0.244 e. The Morgan fingerprint density at radius 2 is 2.12 bits per heavy atom. The first-order valence-electron chi connectivity index (χ1n) is 9.05. The normalized spacial score (nSPS) is 23.1. The van der Waals surface area contributed by atoms with E-state index in [-0.39, 0.29) is 23.8 Å². The molecule has 1 aromatic heterocycles. The second-order valence-corrected chi connectivity index (χ2v) is 6.76. The van der Waals surface area contributed by atoms with Crippen LogP contribution >= 0.6 is 0 Å². The van der Waals surface area contributed by atoms with E-state index in [9.17, 15) is 9.18 Å². The molecule has 5 nitrogen and oxygen atoms in total. The highest BCUT2D eigenvalue weighted by Crippen LogP contribution is 2.32. The van der Waals surface area contributed by atoms with E-state index in [0.29, 0.717) is 18.7 Å². The van der Waals surface area contributed by atoms with E-state index in [2.05, 4.69) is 17.3 Å². The van der Waals surface area contributed by atoms with Gasteiger partial charge in [-0.05, 0) is 44.7 Å². The molecule has 2 aliphatic rings. The number of carbonyl (C=O) groups is 1. The van der Waals surface area contributed by atoms with E-state index in [1.54, 1.807) is 23.1 Å². The fraction of sp³-hybridized carbons (Fsp3) is 0.474. The molecule has 0 bridgehead atoms. The van der Waals surface area contributed by atoms with Crippen molar-refractivity contribution in [2.24, 2.45) is 0 Å². The Morgan fingerprint density at radius 3 is 2.92 bits per heavy atom. The first kappa shape index (κ1) is 16.3. The summed E-state index contributed by atoms with van der Waals surface area (Å²) in [6, 6.07) is 6.36. The molecule has 4 rings (SSSR count). The van der Waals surface area contributed by atoms with Crippen LogP contribution in [0.25, 0.3) is 0 Å². The van der Waals surface area contributed by atoms with Gasteiger partial charge in [0.15, 0.2) is 0 Å². The molecule has 1 fully saturated rings. The Hall–Kier alpha value is -2.21. The quantitative estimate of drug-likeness (QED) is 0.929. The third kappa shape index (κ3) is 2.84. The lowest BCUT2D eigenvalue weighted by Crippen LogP contribution is -2.41. The zero-order valence-corrected chi connectivity index (χ0v) is 14.4. The number of rotatable bonds is 4. The van der Waals surface area contributed by atoms with Crippen LogP contribution in [0.5, 0.6) is 0 Å². The summed E-state index contributed by atoms with van der Waals surface area (Å²) in [7, 11) is 0. The number of fused-ring (bicyclic) bond motifs is 1. The number of nitrogens with one attached hydrogen (secondary N) is 1. The van der Waals surface area contributed by atoms with Crippen LogP contribution in [0, 0.1) is 5.82 Å². The van der Waals surface area contributed by atoms with Crippen molar-refractivity contribution in [2.75, 3.05) is 11.4 Å². The minimum absolute atomic E-state index is 0.0416. The van der Waals surface area contributed by atoms with Crippen LogP contribution in [0.15, 0.2) is 30.5 Å². The van der Waals surface area contributed by atoms with Gasteiger partial charge in [-0.25, -0.2) is 4.39 Å². The van der Waals surface area contributed by atoms with Gasteiger partial charge in [-0.1, -0.05) is 12.1 Å². The number of hydrogen-bond donors (Lipinski definition) is 1. The van der Waals surface area contributed by atoms with Gasteiger partial charge in [0.05, 0.1) is 17.9 Å². The van der Waals surface area contributed by atoms with Crippen molar-refractivity contribution < 1.29 is 9.18 Å². The number of aromatic nitrogens is 2. The summed E-state index contributed by atoms with van der Waals surface area (Å²) >= 11 is 0. The number of hydrogen-bond acceptors (Lipinski definition) is 3. The van der Waals surface area contributed by atoms with E-state index >= 15 is 0 Å². The van der Waals surface area contributed by atoms with E-state index in [1.165, 1.54) is 17.3 Å². The van der Waals surface area contributed by atoms with Crippen molar-refractivity contribution in [1.29, 1.82) is 0 Å². The van der Waals surface area contributed by atoms with Crippen LogP contribution in [0.4, 0.5) is 10.1 Å². The van der Waals surface area contributed by atoms with Gasteiger partial charge >= 0.3 is 0 Å². The van der Waals surface area contributed by atoms with E-state index in [4.69, 9.17) is 0 Å². The molecule has 2 aromatic rings. The molecule has 0 spiro atoms. The molecule has 6 heteroatoms. The van der Waals surface area contributed by atoms with Crippen molar-refractivity contribution in [1.82, 2.24) is 15.1 Å². The maximum Gasteiger partial charge on any atom is 0.244 e. The molecule has 1 saturated heterocycles. The van der Waals surface area contributed by atoms with Gasteiger partial charge < -0.3 is 4.90 Å². The molecule has 2 atom stereocenters. The minimum atomic E-state index is -0.347. The molecule has 132 valence electrons. The first-order valence-corrected chi connectivity index (χ1v) is 9.05. The van der Waals surface area contributed by atoms with Crippen LogP contribution in [-0.4, -0.2) is 28.3 Å². The Labute approximate surface area is 146 Å². The molecule has 1 N–H and O–H groups in total. The number of carbonyl (C=O) groups excluding carboxylic acids is 1. The number of aryl methyl sites for hydroxylation is 1. The minimum Gasteiger partial charge on any atom is -0.308 e. The molecule has 0 saturated carbocycles. The summed E-state index contributed by atoms with van der Waals surface area (Å²) in [5, 5.41) is 7.98. The molecule has 1 amide bonds. The van der Waals surface area contributed by atoms with Crippen molar-refractivity contribution in [2.45, 2.75) is 51.2 Å². The standard InChI is InChI=1S/C19H23FN4O/c1-2-24-17-9-5-7-15(13(17)12-21-24)22-16-10-11-23(19(16)25)18-8-4-3-6-14(18)20/h3-4,6,8,12,15-16,22H,2,5,7,9-11H2,1H3/t15-,16+/m0/s1. The fourth-order valence-corrected chi connectivity index (χ4v) is 4.05. The predicted octanol–water partition coefficient (Wildman–Crippen LogP) is 2.81. The van der Waals surface area contributed by atoms with Crippen molar-refractivity contribution >= 4 is 11.6 Å². The van der Waals surface area contributed by atoms with Gasteiger partial charge in [0, 0.05) is 30.4 Å². The number of anilines is 1. The lowest BCUT2D eigenvalue weighted by atomic mass is 9.92. The van der Waals surface area contributed by atoms with Gasteiger partial charge in [-0.2, -0.15) is 5.10 Å². The maximum absolute atomic E-state index is 14.0. The number of amides is 1. The number of nitrogens with zero attached hydrogens (tertiary/aromatic N) is 3. The predicted molar refractivity (Wildman–Crippen MR) is 93.9 cm³/mol. The van der Waals surface area contributed by atoms with Crippen LogP contribution < -0.4 is 10.2 Å². The Balaban J connectivity index is 1.51. The number of halogens is 1. The summed E-state index contributed by atoms with van der Waals surface area (Å²) in [5.41, 5.74) is 2.87. The zero-order chi connectivity index (χ0) is 17.4. The fourth-order valence-electron chi connectivity index (χ4n) is 4.05. The SMILES string of the molecule is CCn1ncc2c1CCC[C@@H]2N[C@@H]1CCN(c2ccccc2F)C1=O. The summed E-state index contributed by atoms with van der Waals surface area (Å²) in [5.74, 6) is -0.388. The highest BCUT2D eigenvalue weighted by atomic mass is 19.1. The highest BCUT2D eigenvalue weighted by molar-refractivity contribution is 5.99. The third-order valence-electron chi connectivity index (χ3n) is 5.31. The topological polar surface area (TPSA) is 50.2 Å². The van der Waals surface area contributed by atoms with Gasteiger partial charge in [0.1, 0.15) is 5.82 Å². The van der Waals surface area contributed by atoms with Crippen molar-refractivity contribution in [3.05, 3.63) is 47.5 Å². The third-order valence-corrected chi connectivity index (χ3v) is 5.31. The Bertz CT molecular complexity index is 787. The van der Waals surface area contributed by atoms with Gasteiger partial charge in [-0.15, -0.1) is 0 Å². The molecule has 2 heterocycles. The Kier molecular flexibility index (Phi) is 4.29. The first-order chi connectivity index (χ1) is 12.2. The summed E-state index contributed by atoms with van der Waals surface area (Å²) in [4.78, 5) is 14.3. The molecule has 1 aromatic carbocycles. The van der Waals surface area contributed by atoms with Gasteiger partial charge in [0.25, 0.3) is 0 Å². The number of benzene rings is 1. The molecular formula is C19H23FN4O. The van der Waals surface area contributed by atoms with Crippen LogP contribution in [0.3, 0.4) is 0 Å². The summed E-state index contributed by atoms with van der Waals surface area (Å²) in [6.07, 6.45) is 5.77. The van der Waals surface area contributed by atoms with E-state index in [1.807, 2.05) is 10.9 Å². The van der Waals surface area contributed by atoms with Crippen LogP contribution in [0.2, 0.25) is 0 Å². The van der Waals surface area contributed by atoms with E-state index in [0.717, 1.165) is 25.8 Å². The van der Waals surface area contributed by atoms with Gasteiger partial charge in [0.2, 0.25) is 5.91 Å². The molecule has 0 radical (unpaired) electrons. The molecular weight excluding hydrogens is 319 g/mol. The highest BCUT2D eigenvalue weighted by Gasteiger charge is 2.36. The summed E-state index contributed by atoms with van der Waals surface area (Å²) in [6.45, 7) is 3.51. The monoisotopic (exact) mass is 342 g/mol. The maximum atomic E-state index is 14.0. The zero-order valence-electron chi connectivity index (χ0n) is 14.4. The van der Waals surface area contributed by atoms with Crippen LogP contribution in [0.1, 0.15) is 43.5 Å². The molecule has 1 aliphatic carbocycles. The van der Waals surface area contributed by atoms with Crippen molar-refractivity contribution in [3.63, 3.8) is 0 Å². The van der Waals surface area contributed by atoms with E-state index < -0.39 is 0 Å². The molecule has 0 unspecified atom stereocenters. The second-order valence-electron chi connectivity index (χ2n) is 6.76. The van der Waals surface area contributed by atoms with Crippen molar-refractivity contribution in [3.8, 4) is 0 Å². The molecule has 25 heavy (non-hydrogen) atoms. The largest absolute Gasteiger partial charge is 0.308 e. The Morgan fingerprint density at radius 1 is 1.28 bits per heavy atom. The number of para-hydroxylation sites is 1. The van der Waals surface area contributed by atoms with Crippen LogP contribution in [-0.2, 0) is 17.8 Å². The average molecular weight is 342 g/mol.